The molecule has 0 aliphatic carbocycles. The van der Waals surface area contributed by atoms with Gasteiger partial charge < -0.3 is 15.5 Å². The van der Waals surface area contributed by atoms with Gasteiger partial charge in [0.1, 0.15) is 0 Å². The van der Waals surface area contributed by atoms with Crippen molar-refractivity contribution in [2.24, 2.45) is 5.92 Å². The second-order valence-electron chi connectivity index (χ2n) is 7.68. The molecule has 0 aromatic heterocycles. The first-order valence-electron chi connectivity index (χ1n) is 9.82. The van der Waals surface area contributed by atoms with Crippen molar-refractivity contribution in [2.45, 2.75) is 38.9 Å². The topological polar surface area (TPSA) is 27.3 Å². The zero-order valence-corrected chi connectivity index (χ0v) is 17.4. The number of thiocarbonyl (C=S) groups is 1. The first kappa shape index (κ1) is 21.4. The van der Waals surface area contributed by atoms with E-state index in [1.54, 1.807) is 6.07 Å². The molecule has 3 rings (SSSR count). The van der Waals surface area contributed by atoms with Gasteiger partial charge >= 0.3 is 6.18 Å². The molecule has 2 atom stereocenters. The molecule has 2 aromatic carbocycles. The third-order valence-electron chi connectivity index (χ3n) is 5.21. The maximum atomic E-state index is 12.8. The van der Waals surface area contributed by atoms with Crippen LogP contribution in [0.1, 0.15) is 43.9 Å². The first-order chi connectivity index (χ1) is 13.7. The molecule has 1 aliphatic rings. The maximum Gasteiger partial charge on any atom is 0.416 e. The lowest BCUT2D eigenvalue weighted by atomic mass is 9.99. The Morgan fingerprint density at radius 3 is 2.55 bits per heavy atom. The van der Waals surface area contributed by atoms with Crippen molar-refractivity contribution in [3.05, 3.63) is 59.7 Å². The van der Waals surface area contributed by atoms with E-state index in [0.29, 0.717) is 11.6 Å². The molecule has 0 amide bonds. The van der Waals surface area contributed by atoms with E-state index >= 15 is 0 Å². The summed E-state index contributed by atoms with van der Waals surface area (Å²) >= 11 is 5.28. The van der Waals surface area contributed by atoms with Crippen molar-refractivity contribution >= 4 is 28.7 Å². The number of benzene rings is 2. The number of nitrogens with one attached hydrogen (secondary N) is 2. The highest BCUT2D eigenvalue weighted by Crippen LogP contribution is 2.30. The second-order valence-corrected chi connectivity index (χ2v) is 8.09. The van der Waals surface area contributed by atoms with Gasteiger partial charge in [0.25, 0.3) is 0 Å². The highest BCUT2D eigenvalue weighted by atomic mass is 32.1. The monoisotopic (exact) mass is 421 g/mol. The highest BCUT2D eigenvalue weighted by Gasteiger charge is 2.30. The maximum absolute atomic E-state index is 12.8. The lowest BCUT2D eigenvalue weighted by molar-refractivity contribution is -0.137. The van der Waals surface area contributed by atoms with E-state index in [-0.39, 0.29) is 11.2 Å². The van der Waals surface area contributed by atoms with Crippen LogP contribution in [0.15, 0.2) is 48.5 Å². The fraction of sp³-hybridized carbons (Fsp3) is 0.409. The molecule has 1 fully saturated rings. The summed E-state index contributed by atoms with van der Waals surface area (Å²) in [5, 5.41) is 6.25. The van der Waals surface area contributed by atoms with Crippen LogP contribution in [0.3, 0.4) is 0 Å². The van der Waals surface area contributed by atoms with Crippen LogP contribution in [-0.2, 0) is 6.18 Å². The molecule has 1 aliphatic heterocycles. The van der Waals surface area contributed by atoms with Crippen molar-refractivity contribution in [3.8, 4) is 0 Å². The summed E-state index contributed by atoms with van der Waals surface area (Å²) in [6.45, 7) is 6.42. The van der Waals surface area contributed by atoms with Crippen molar-refractivity contribution in [2.75, 3.05) is 23.3 Å². The van der Waals surface area contributed by atoms with Crippen molar-refractivity contribution in [1.29, 1.82) is 0 Å². The number of hydrogen-bond donors (Lipinski definition) is 2. The number of anilines is 2. The van der Waals surface area contributed by atoms with Gasteiger partial charge in [0.05, 0.1) is 11.6 Å². The van der Waals surface area contributed by atoms with E-state index in [0.717, 1.165) is 30.8 Å². The zero-order valence-electron chi connectivity index (χ0n) is 16.6. The minimum absolute atomic E-state index is 0.0740. The Kier molecular flexibility index (Phi) is 6.67. The highest BCUT2D eigenvalue weighted by molar-refractivity contribution is 7.80. The predicted octanol–water partition coefficient (Wildman–Crippen LogP) is 5.99. The molecular formula is C22H26F3N3S. The van der Waals surface area contributed by atoms with E-state index in [4.69, 9.17) is 12.2 Å². The molecule has 0 bridgehead atoms. The van der Waals surface area contributed by atoms with E-state index < -0.39 is 11.7 Å². The lowest BCUT2D eigenvalue weighted by Gasteiger charge is -2.33. The lowest BCUT2D eigenvalue weighted by Crippen LogP contribution is -2.34. The molecule has 0 radical (unpaired) electrons. The van der Waals surface area contributed by atoms with E-state index in [2.05, 4.69) is 46.7 Å². The van der Waals surface area contributed by atoms with Crippen LogP contribution in [0.5, 0.6) is 0 Å². The molecule has 0 unspecified atom stereocenters. The summed E-state index contributed by atoms with van der Waals surface area (Å²) in [5.41, 5.74) is 1.88. The molecule has 2 N–H and O–H groups in total. The van der Waals surface area contributed by atoms with Gasteiger partial charge in [-0.1, -0.05) is 25.1 Å². The molecule has 2 aromatic rings. The summed E-state index contributed by atoms with van der Waals surface area (Å²) < 4.78 is 38.5. The Morgan fingerprint density at radius 1 is 1.17 bits per heavy atom. The predicted molar refractivity (Wildman–Crippen MR) is 116 cm³/mol. The Balaban J connectivity index is 1.58. The van der Waals surface area contributed by atoms with Crippen molar-refractivity contribution in [3.63, 3.8) is 0 Å². The third kappa shape index (κ3) is 5.85. The average molecular weight is 422 g/mol. The van der Waals surface area contributed by atoms with Crippen LogP contribution < -0.4 is 15.5 Å². The summed E-state index contributed by atoms with van der Waals surface area (Å²) in [7, 11) is 0. The van der Waals surface area contributed by atoms with Gasteiger partial charge in [0, 0.05) is 24.5 Å². The molecule has 0 spiro atoms. The van der Waals surface area contributed by atoms with Crippen LogP contribution in [0.4, 0.5) is 24.5 Å². The van der Waals surface area contributed by atoms with Gasteiger partial charge in [-0.2, -0.15) is 13.2 Å². The van der Waals surface area contributed by atoms with Crippen LogP contribution in [0, 0.1) is 5.92 Å². The van der Waals surface area contributed by atoms with Gasteiger partial charge in [-0.05, 0) is 73.8 Å². The number of piperidine rings is 1. The Labute approximate surface area is 175 Å². The van der Waals surface area contributed by atoms with Crippen LogP contribution >= 0.6 is 12.2 Å². The SMILES string of the molecule is C[C@@H]1CCCN(c2ccc([C@@H](C)NC(=S)Nc3cccc(C(F)(F)F)c3)cc2)C1. The zero-order chi connectivity index (χ0) is 21.0. The van der Waals surface area contributed by atoms with Gasteiger partial charge in [0.15, 0.2) is 5.11 Å². The number of rotatable bonds is 4. The smallest absolute Gasteiger partial charge is 0.371 e. The summed E-state index contributed by atoms with van der Waals surface area (Å²) in [5.74, 6) is 0.711. The van der Waals surface area contributed by atoms with Crippen LogP contribution in [-0.4, -0.2) is 18.2 Å². The fourth-order valence-corrected chi connectivity index (χ4v) is 3.91. The third-order valence-corrected chi connectivity index (χ3v) is 5.43. The molecule has 1 heterocycles. The van der Waals surface area contributed by atoms with Crippen LogP contribution in [0.25, 0.3) is 0 Å². The molecule has 156 valence electrons. The largest absolute Gasteiger partial charge is 0.416 e. The second kappa shape index (κ2) is 9.03. The normalized spacial score (nSPS) is 18.2. The number of nitrogens with zero attached hydrogens (tertiary/aromatic N) is 1. The van der Waals surface area contributed by atoms with Gasteiger partial charge in [-0.3, -0.25) is 0 Å². The van der Waals surface area contributed by atoms with Gasteiger partial charge in [-0.15, -0.1) is 0 Å². The van der Waals surface area contributed by atoms with E-state index in [1.807, 2.05) is 6.92 Å². The standard InChI is InChI=1S/C22H26F3N3S/c1-15-5-4-12-28(14-15)20-10-8-17(9-11-20)16(2)26-21(29)27-19-7-3-6-18(13-19)22(23,24)25/h3,6-11,13,15-16H,4-5,12,14H2,1-2H3,(H2,26,27,29)/t15-,16-/m1/s1. The summed E-state index contributed by atoms with van der Waals surface area (Å²) in [4.78, 5) is 2.41. The van der Waals surface area contributed by atoms with Crippen molar-refractivity contribution < 1.29 is 13.2 Å². The molecule has 3 nitrogen and oxygen atoms in total. The number of alkyl halides is 3. The summed E-state index contributed by atoms with van der Waals surface area (Å²) in [6.07, 6.45) is -1.88. The fourth-order valence-electron chi connectivity index (χ4n) is 3.62. The minimum Gasteiger partial charge on any atom is -0.371 e. The van der Waals surface area contributed by atoms with E-state index in [9.17, 15) is 13.2 Å². The minimum atomic E-state index is -4.38. The molecule has 0 saturated carbocycles. The summed E-state index contributed by atoms with van der Waals surface area (Å²) in [6, 6.07) is 13.3. The Hall–Kier alpha value is -2.28. The first-order valence-corrected chi connectivity index (χ1v) is 10.2. The van der Waals surface area contributed by atoms with Gasteiger partial charge in [-0.25, -0.2) is 0 Å². The number of halogens is 3. The Bertz CT molecular complexity index is 836. The van der Waals surface area contributed by atoms with Gasteiger partial charge in [0.2, 0.25) is 0 Å². The van der Waals surface area contributed by atoms with Crippen molar-refractivity contribution in [1.82, 2.24) is 5.32 Å². The Morgan fingerprint density at radius 2 is 1.90 bits per heavy atom. The van der Waals surface area contributed by atoms with Crippen LogP contribution in [0.2, 0.25) is 0 Å². The molecule has 1 saturated heterocycles. The average Bonchev–Trinajstić information content (AvgIpc) is 2.67. The molecule has 7 heteroatoms. The molecular weight excluding hydrogens is 395 g/mol. The quantitative estimate of drug-likeness (QED) is 0.593. The van der Waals surface area contributed by atoms with E-state index in [1.165, 1.54) is 24.6 Å². The molecule has 29 heavy (non-hydrogen) atoms. The number of hydrogen-bond acceptors (Lipinski definition) is 2.